The van der Waals surface area contributed by atoms with Crippen molar-refractivity contribution in [1.29, 1.82) is 0 Å². The Bertz CT molecular complexity index is 4230. The number of imidazole rings is 1. The monoisotopic (exact) mass is 1120 g/mol. The normalized spacial score (nSPS) is 13.2. The molecule has 0 amide bonds. The molecule has 352 valence electrons. The molecule has 1 aliphatic rings. The summed E-state index contributed by atoms with van der Waals surface area (Å²) in [5.41, 5.74) is 17.6. The Labute approximate surface area is 437 Å². The van der Waals surface area contributed by atoms with Crippen LogP contribution in [0.3, 0.4) is 0 Å². The summed E-state index contributed by atoms with van der Waals surface area (Å²) in [5.74, 6) is 1.69. The molecule has 13 aromatic rings. The molecule has 0 radical (unpaired) electrons. The zero-order valence-electron chi connectivity index (χ0n) is 40.7. The molecule has 0 atom stereocenters. The number of hydrogen-bond donors (Lipinski definition) is 0. The van der Waals surface area contributed by atoms with Gasteiger partial charge in [-0.25, -0.2) is 9.97 Å². The van der Waals surface area contributed by atoms with Crippen LogP contribution in [0.1, 0.15) is 49.9 Å². The number of nitrogens with zero attached hydrogens (tertiary/aromatic N) is 5. The van der Waals surface area contributed by atoms with Crippen LogP contribution in [0.15, 0.2) is 217 Å². The molecule has 14 rings (SSSR count). The van der Waals surface area contributed by atoms with Crippen LogP contribution in [0.5, 0.6) is 0 Å². The second-order valence-electron chi connectivity index (χ2n) is 20.1. The van der Waals surface area contributed by atoms with E-state index in [1.54, 1.807) is 0 Å². The minimum atomic E-state index is -0.267. The van der Waals surface area contributed by atoms with Crippen LogP contribution in [0.4, 0.5) is 17.2 Å². The summed E-state index contributed by atoms with van der Waals surface area (Å²) in [7, 11) is 0. The Hall–Kier alpha value is -8.31. The molecule has 9 aromatic carbocycles. The van der Waals surface area contributed by atoms with Crippen molar-refractivity contribution in [3.63, 3.8) is 0 Å². The predicted molar refractivity (Wildman–Crippen MR) is 295 cm³/mol. The maximum absolute atomic E-state index is 6.90. The van der Waals surface area contributed by atoms with E-state index in [0.29, 0.717) is 0 Å². The molecule has 6 nitrogen and oxygen atoms in total. The topological polar surface area (TPSA) is 61.2 Å². The average molecular weight is 1120 g/mol. The van der Waals surface area contributed by atoms with E-state index in [4.69, 9.17) is 19.4 Å². The van der Waals surface area contributed by atoms with Crippen molar-refractivity contribution in [2.24, 2.45) is 0 Å². The third-order valence-electron chi connectivity index (χ3n) is 15.3. The van der Waals surface area contributed by atoms with E-state index in [1.807, 2.05) is 18.3 Å². The number of rotatable bonds is 7. The van der Waals surface area contributed by atoms with Gasteiger partial charge in [0.05, 0.1) is 11.0 Å². The molecule has 0 unspecified atom stereocenters. The second-order valence-corrected chi connectivity index (χ2v) is 20.1. The first-order valence-electron chi connectivity index (χ1n) is 24.7. The average Bonchev–Trinajstić information content (AvgIpc) is 4.13. The molecule has 0 saturated heterocycles. The van der Waals surface area contributed by atoms with E-state index in [9.17, 15) is 0 Å². The minimum Gasteiger partial charge on any atom is -0.656 e. The molecule has 0 saturated carbocycles. The second kappa shape index (κ2) is 16.9. The third-order valence-corrected chi connectivity index (χ3v) is 15.3. The van der Waals surface area contributed by atoms with Gasteiger partial charge in [0.25, 0.3) is 0 Å². The summed E-state index contributed by atoms with van der Waals surface area (Å²) in [6.45, 7) is 9.16. The van der Waals surface area contributed by atoms with Gasteiger partial charge in [0.1, 0.15) is 22.8 Å². The van der Waals surface area contributed by atoms with E-state index in [-0.39, 0.29) is 31.9 Å². The summed E-state index contributed by atoms with van der Waals surface area (Å²) in [6.07, 6.45) is 1.89. The Kier molecular flexibility index (Phi) is 10.3. The number of para-hydroxylation sites is 3. The summed E-state index contributed by atoms with van der Waals surface area (Å²) >= 11 is 0. The molecule has 7 heteroatoms. The van der Waals surface area contributed by atoms with Gasteiger partial charge in [-0.1, -0.05) is 185 Å². The fourth-order valence-corrected chi connectivity index (χ4v) is 11.5. The maximum Gasteiger partial charge on any atom is 2.00 e. The zero-order chi connectivity index (χ0) is 48.3. The molecule has 4 aromatic heterocycles. The van der Waals surface area contributed by atoms with Crippen molar-refractivity contribution >= 4 is 72.0 Å². The summed E-state index contributed by atoms with van der Waals surface area (Å²) in [4.78, 5) is 18.7. The van der Waals surface area contributed by atoms with Gasteiger partial charge in [-0.05, 0) is 69.7 Å². The summed E-state index contributed by atoms with van der Waals surface area (Å²) in [5, 5.41) is 4.10. The number of benzene rings is 9. The molecular formula is C66H47N5OPt. The summed E-state index contributed by atoms with van der Waals surface area (Å²) < 4.78 is 9.25. The molecule has 0 spiro atoms. The van der Waals surface area contributed by atoms with Gasteiger partial charge in [-0.3, -0.25) is 4.57 Å². The van der Waals surface area contributed by atoms with E-state index in [0.717, 1.165) is 111 Å². The van der Waals surface area contributed by atoms with Crippen LogP contribution in [0.25, 0.3) is 94.1 Å². The van der Waals surface area contributed by atoms with E-state index >= 15 is 0 Å². The fraction of sp³-hybridized carbons (Fsp3) is 0.0909. The number of pyridine rings is 1. The number of aromatic nitrogens is 4. The third kappa shape index (κ3) is 6.81. The first-order valence-corrected chi connectivity index (χ1v) is 24.7. The standard InChI is InChI=1S/C66H47N5O.Pt/c1-65(2,43-23-10-6-11-24-43)44-33-36-55-51(39-44)58-59(68-55)52(40-50-49-28-14-17-32-57(49)72-62(50)58)63-69-60-47(34-35-48(41-20-8-5-9-21-41)61(60)71(63)45-25-12-7-13-26-45)42-22-18-27-46(38-42)70-56-31-16-15-29-53(56)66(3,4)54-30-19-37-67-64(54)70;/h5-37,39-40H,1-4H3;/q-2;+2. The Morgan fingerprint density at radius 2 is 1.32 bits per heavy atom. The Balaban J connectivity index is 0.00000516. The molecular weight excluding hydrogens is 1070 g/mol. The molecule has 1 aliphatic heterocycles. The van der Waals surface area contributed by atoms with Gasteiger partial charge < -0.3 is 14.3 Å². The van der Waals surface area contributed by atoms with Gasteiger partial charge in [-0.15, -0.1) is 40.9 Å². The Morgan fingerprint density at radius 3 is 2.14 bits per heavy atom. The van der Waals surface area contributed by atoms with E-state index in [2.05, 4.69) is 237 Å². The van der Waals surface area contributed by atoms with Crippen molar-refractivity contribution in [2.75, 3.05) is 4.90 Å². The number of furan rings is 1. The van der Waals surface area contributed by atoms with Crippen molar-refractivity contribution in [1.82, 2.24) is 19.5 Å². The van der Waals surface area contributed by atoms with Gasteiger partial charge in [-0.2, -0.15) is 0 Å². The molecule has 0 aliphatic carbocycles. The van der Waals surface area contributed by atoms with Crippen molar-refractivity contribution in [3.05, 3.63) is 241 Å². The molecule has 0 N–H and O–H groups in total. The first-order chi connectivity index (χ1) is 35.2. The molecule has 0 fully saturated rings. The van der Waals surface area contributed by atoms with Crippen LogP contribution in [-0.4, -0.2) is 14.5 Å². The maximum atomic E-state index is 6.90. The first kappa shape index (κ1) is 44.6. The fourth-order valence-electron chi connectivity index (χ4n) is 11.5. The zero-order valence-corrected chi connectivity index (χ0v) is 42.9. The molecule has 0 bridgehead atoms. The number of fused-ring (bicyclic) bond motifs is 10. The van der Waals surface area contributed by atoms with Gasteiger partial charge in [0.2, 0.25) is 0 Å². The van der Waals surface area contributed by atoms with E-state index < -0.39 is 0 Å². The number of anilines is 3. The van der Waals surface area contributed by atoms with Crippen LogP contribution >= 0.6 is 0 Å². The van der Waals surface area contributed by atoms with Crippen molar-refractivity contribution < 1.29 is 25.5 Å². The predicted octanol–water partition coefficient (Wildman–Crippen LogP) is 16.8. The van der Waals surface area contributed by atoms with Crippen LogP contribution in [-0.2, 0) is 31.9 Å². The van der Waals surface area contributed by atoms with Gasteiger partial charge in [0, 0.05) is 61.3 Å². The van der Waals surface area contributed by atoms with Crippen molar-refractivity contribution in [3.8, 4) is 39.3 Å². The molecule has 5 heterocycles. The summed E-state index contributed by atoms with van der Waals surface area (Å²) in [6, 6.07) is 77.1. The smallest absolute Gasteiger partial charge is 0.656 e. The van der Waals surface area contributed by atoms with Crippen molar-refractivity contribution in [2.45, 2.75) is 38.5 Å². The SMILES string of the molecule is CC(C)(c1ccccc1)c1ccc2[n-]c3c(-c4nc5c(-c6[c-]c(N7c8ccccc8C(C)(C)c8cccnc87)ccc6)ccc(-c6ccccc6)c5n4-c4ccccc4)cc4c5ccccc5oc4c3c2c1.[Pt+2]. The van der Waals surface area contributed by atoms with Crippen LogP contribution in [0.2, 0.25) is 0 Å². The van der Waals surface area contributed by atoms with E-state index in [1.165, 1.54) is 22.3 Å². The molecule has 73 heavy (non-hydrogen) atoms. The van der Waals surface area contributed by atoms with Gasteiger partial charge in [0.15, 0.2) is 0 Å². The Morgan fingerprint density at radius 1 is 0.603 bits per heavy atom. The van der Waals surface area contributed by atoms with Crippen LogP contribution < -0.4 is 9.88 Å². The largest absolute Gasteiger partial charge is 2.00 e. The minimum absolute atomic E-state index is 0. The quantitative estimate of drug-likeness (QED) is 0.149. The number of hydrogen-bond acceptors (Lipinski definition) is 4. The van der Waals surface area contributed by atoms with Gasteiger partial charge >= 0.3 is 21.1 Å². The van der Waals surface area contributed by atoms with Crippen LogP contribution in [0, 0.1) is 6.07 Å².